The second kappa shape index (κ2) is 8.46. The van der Waals surface area contributed by atoms with E-state index in [-0.39, 0.29) is 35.7 Å². The van der Waals surface area contributed by atoms with Crippen LogP contribution in [-0.4, -0.2) is 39.1 Å². The molecule has 0 saturated heterocycles. The average molecular weight is 395 g/mol. The van der Waals surface area contributed by atoms with Gasteiger partial charge in [0.2, 0.25) is 5.91 Å². The summed E-state index contributed by atoms with van der Waals surface area (Å²) in [7, 11) is -3.28. The van der Waals surface area contributed by atoms with Gasteiger partial charge in [-0.1, -0.05) is 0 Å². The van der Waals surface area contributed by atoms with Gasteiger partial charge < -0.3 is 10.2 Å². The number of carbonyl (C=O) groups is 2. The summed E-state index contributed by atoms with van der Waals surface area (Å²) in [6.07, 6.45) is 1.30. The first-order chi connectivity index (χ1) is 12.2. The van der Waals surface area contributed by atoms with Crippen LogP contribution in [0.2, 0.25) is 0 Å². The van der Waals surface area contributed by atoms with Gasteiger partial charge in [-0.3, -0.25) is 9.59 Å². The number of hydrogen-bond donors (Lipinski definition) is 1. The maximum Gasteiger partial charge on any atom is 0.252 e. The van der Waals surface area contributed by atoms with E-state index in [1.165, 1.54) is 23.5 Å². The summed E-state index contributed by atoms with van der Waals surface area (Å²) < 4.78 is 23.1. The largest absolute Gasteiger partial charge is 0.351 e. The highest BCUT2D eigenvalue weighted by Gasteiger charge is 2.20. The van der Waals surface area contributed by atoms with Gasteiger partial charge in [-0.25, -0.2) is 8.42 Å². The zero-order chi connectivity index (χ0) is 19.3. The van der Waals surface area contributed by atoms with Crippen LogP contribution in [0.5, 0.6) is 0 Å². The van der Waals surface area contributed by atoms with Gasteiger partial charge in [-0.15, -0.1) is 0 Å². The second-order valence-corrected chi connectivity index (χ2v) is 8.94. The Morgan fingerprint density at radius 3 is 2.31 bits per heavy atom. The van der Waals surface area contributed by atoms with E-state index in [1.807, 2.05) is 19.2 Å². The summed E-state index contributed by atoms with van der Waals surface area (Å²) >= 11 is 1.44. The lowest BCUT2D eigenvalue weighted by Crippen LogP contribution is -2.39. The first kappa shape index (κ1) is 20.1. The fourth-order valence-corrected chi connectivity index (χ4v) is 3.75. The van der Waals surface area contributed by atoms with Crippen LogP contribution >= 0.6 is 11.3 Å². The smallest absolute Gasteiger partial charge is 0.252 e. The molecule has 2 amide bonds. The number of carbonyl (C=O) groups excluding carboxylic acids is 2. The molecule has 140 valence electrons. The molecule has 6 nitrogen and oxygen atoms in total. The van der Waals surface area contributed by atoms with E-state index in [4.69, 9.17) is 0 Å². The van der Waals surface area contributed by atoms with Crippen LogP contribution in [0.1, 0.15) is 30.6 Å². The molecule has 8 heteroatoms. The normalized spacial score (nSPS) is 11.4. The molecule has 0 atom stereocenters. The summed E-state index contributed by atoms with van der Waals surface area (Å²) in [4.78, 5) is 26.3. The molecule has 0 unspecified atom stereocenters. The highest BCUT2D eigenvalue weighted by atomic mass is 32.2. The molecule has 1 aromatic carbocycles. The van der Waals surface area contributed by atoms with Crippen LogP contribution in [0, 0.1) is 0 Å². The van der Waals surface area contributed by atoms with Gasteiger partial charge in [0.25, 0.3) is 5.91 Å². The molecule has 0 radical (unpaired) electrons. The molecule has 0 spiro atoms. The molecule has 1 heterocycles. The molecule has 0 aliphatic carbocycles. The van der Waals surface area contributed by atoms with Gasteiger partial charge in [0, 0.05) is 41.9 Å². The van der Waals surface area contributed by atoms with Gasteiger partial charge in [0.1, 0.15) is 0 Å². The van der Waals surface area contributed by atoms with Gasteiger partial charge in [-0.2, -0.15) is 11.3 Å². The Hall–Kier alpha value is -2.19. The SMILES string of the molecule is CC(C)N(C(=O)CCNC(=O)c1ccsc1)c1ccc(S(C)(=O)=O)cc1. The lowest BCUT2D eigenvalue weighted by atomic mass is 10.2. The predicted molar refractivity (Wildman–Crippen MR) is 103 cm³/mol. The standard InChI is InChI=1S/C18H22N2O4S2/c1-13(2)20(15-4-6-16(7-5-15)26(3,23)24)17(21)8-10-19-18(22)14-9-11-25-12-14/h4-7,9,11-13H,8,10H2,1-3H3,(H,19,22). The minimum absolute atomic E-state index is 0.0980. The van der Waals surface area contributed by atoms with Gasteiger partial charge in [0.05, 0.1) is 4.90 Å². The molecule has 1 N–H and O–H groups in total. The van der Waals surface area contributed by atoms with Crippen molar-refractivity contribution in [2.75, 3.05) is 17.7 Å². The number of nitrogens with one attached hydrogen (secondary N) is 1. The minimum atomic E-state index is -3.28. The van der Waals surface area contributed by atoms with Crippen molar-refractivity contribution in [3.63, 3.8) is 0 Å². The summed E-state index contributed by atoms with van der Waals surface area (Å²) in [5, 5.41) is 6.30. The van der Waals surface area contributed by atoms with Crippen molar-refractivity contribution in [1.29, 1.82) is 0 Å². The second-order valence-electron chi connectivity index (χ2n) is 6.14. The molecule has 2 aromatic rings. The predicted octanol–water partition coefficient (Wildman–Crippen LogP) is 2.71. The van der Waals surface area contributed by atoms with E-state index in [9.17, 15) is 18.0 Å². The number of benzene rings is 1. The fourth-order valence-electron chi connectivity index (χ4n) is 2.48. The van der Waals surface area contributed by atoms with E-state index in [2.05, 4.69) is 5.32 Å². The monoisotopic (exact) mass is 394 g/mol. The van der Waals surface area contributed by atoms with Gasteiger partial charge >= 0.3 is 0 Å². The quantitative estimate of drug-likeness (QED) is 0.783. The summed E-state index contributed by atoms with van der Waals surface area (Å²) in [6, 6.07) is 7.86. The number of hydrogen-bond acceptors (Lipinski definition) is 5. The van der Waals surface area contributed by atoms with E-state index in [0.717, 1.165) is 6.26 Å². The van der Waals surface area contributed by atoms with Crippen molar-refractivity contribution in [3.05, 3.63) is 46.7 Å². The van der Waals surface area contributed by atoms with Gasteiger partial charge in [-0.05, 0) is 49.6 Å². The summed E-state index contributed by atoms with van der Waals surface area (Å²) in [6.45, 7) is 4.00. The van der Waals surface area contributed by atoms with Crippen LogP contribution in [0.3, 0.4) is 0 Å². The van der Waals surface area contributed by atoms with Crippen molar-refractivity contribution in [1.82, 2.24) is 5.32 Å². The number of amides is 2. The van der Waals surface area contributed by atoms with Gasteiger partial charge in [0.15, 0.2) is 9.84 Å². The molecule has 0 aliphatic rings. The minimum Gasteiger partial charge on any atom is -0.351 e. The average Bonchev–Trinajstić information content (AvgIpc) is 3.08. The Morgan fingerprint density at radius 2 is 1.81 bits per heavy atom. The zero-order valence-corrected chi connectivity index (χ0v) is 16.6. The molecule has 0 bridgehead atoms. The zero-order valence-electron chi connectivity index (χ0n) is 14.9. The Balaban J connectivity index is 2.02. The Kier molecular flexibility index (Phi) is 6.55. The van der Waals surface area contributed by atoms with Crippen molar-refractivity contribution < 1.29 is 18.0 Å². The number of anilines is 1. The molecule has 0 aliphatic heterocycles. The maximum absolute atomic E-state index is 12.6. The first-order valence-electron chi connectivity index (χ1n) is 8.12. The number of nitrogens with zero attached hydrogens (tertiary/aromatic N) is 1. The molecule has 0 fully saturated rings. The highest BCUT2D eigenvalue weighted by Crippen LogP contribution is 2.21. The Bertz CT molecular complexity index is 857. The van der Waals surface area contributed by atoms with Crippen molar-refractivity contribution in [3.8, 4) is 0 Å². The van der Waals surface area contributed by atoms with Crippen LogP contribution in [-0.2, 0) is 14.6 Å². The van der Waals surface area contributed by atoms with E-state index < -0.39 is 9.84 Å². The molecule has 0 saturated carbocycles. The molecular weight excluding hydrogens is 372 g/mol. The number of rotatable bonds is 7. The third-order valence-electron chi connectivity index (χ3n) is 3.74. The summed E-state index contributed by atoms with van der Waals surface area (Å²) in [5.41, 5.74) is 1.21. The molecule has 26 heavy (non-hydrogen) atoms. The Morgan fingerprint density at radius 1 is 1.15 bits per heavy atom. The van der Waals surface area contributed by atoms with Crippen LogP contribution < -0.4 is 10.2 Å². The summed E-state index contributed by atoms with van der Waals surface area (Å²) in [5.74, 6) is -0.342. The highest BCUT2D eigenvalue weighted by molar-refractivity contribution is 7.90. The first-order valence-corrected chi connectivity index (χ1v) is 11.0. The van der Waals surface area contributed by atoms with E-state index >= 15 is 0 Å². The third-order valence-corrected chi connectivity index (χ3v) is 5.55. The van der Waals surface area contributed by atoms with Crippen LogP contribution in [0.15, 0.2) is 46.0 Å². The van der Waals surface area contributed by atoms with Crippen LogP contribution in [0.25, 0.3) is 0 Å². The fraction of sp³-hybridized carbons (Fsp3) is 0.333. The van der Waals surface area contributed by atoms with E-state index in [0.29, 0.717) is 11.3 Å². The number of sulfone groups is 1. The van der Waals surface area contributed by atoms with Crippen molar-refractivity contribution in [2.24, 2.45) is 0 Å². The Labute approximate surface area is 157 Å². The van der Waals surface area contributed by atoms with E-state index in [1.54, 1.807) is 28.5 Å². The lowest BCUT2D eigenvalue weighted by molar-refractivity contribution is -0.118. The molecule has 1 aromatic heterocycles. The third kappa shape index (κ3) is 5.15. The topological polar surface area (TPSA) is 83.6 Å². The molecular formula is C18H22N2O4S2. The van der Waals surface area contributed by atoms with Crippen molar-refractivity contribution in [2.45, 2.75) is 31.2 Å². The van der Waals surface area contributed by atoms with Crippen LogP contribution in [0.4, 0.5) is 5.69 Å². The number of thiophene rings is 1. The lowest BCUT2D eigenvalue weighted by Gasteiger charge is -2.27. The molecule has 2 rings (SSSR count). The van der Waals surface area contributed by atoms with Crippen molar-refractivity contribution >= 4 is 38.7 Å². The maximum atomic E-state index is 12.6.